The number of carboxylic acid groups (broad SMARTS) is 2. The minimum Gasteiger partial charge on any atom is -0.481 e. The number of carbonyl (C=O) groups is 2. The van der Waals surface area contributed by atoms with Gasteiger partial charge in [-0.1, -0.05) is 13.8 Å². The van der Waals surface area contributed by atoms with E-state index in [1.807, 2.05) is 13.8 Å². The van der Waals surface area contributed by atoms with Gasteiger partial charge in [0.25, 0.3) is 5.97 Å². The van der Waals surface area contributed by atoms with Crippen molar-refractivity contribution in [1.29, 1.82) is 0 Å². The van der Waals surface area contributed by atoms with Gasteiger partial charge in [-0.2, -0.15) is 0 Å². The Kier molecular flexibility index (Phi) is 16.1. The minimum absolute atomic E-state index is 0. The van der Waals surface area contributed by atoms with Gasteiger partial charge < -0.3 is 10.2 Å². The number of hydrogen-bond acceptors (Lipinski definition) is 2. The summed E-state index contributed by atoms with van der Waals surface area (Å²) >= 11 is 0. The van der Waals surface area contributed by atoms with E-state index in [0.29, 0.717) is 0 Å². The number of hydrogen-bond donors (Lipinski definition) is 2. The monoisotopic (exact) mass is 206 g/mol. The lowest BCUT2D eigenvalue weighted by Gasteiger charge is -2.02. The summed E-state index contributed by atoms with van der Waals surface area (Å²) in [5, 5.41) is 15.8. The van der Waals surface area contributed by atoms with E-state index in [4.69, 9.17) is 15.0 Å². The fourth-order valence-electron chi connectivity index (χ4n) is 0.638. The lowest BCUT2D eigenvalue weighted by molar-refractivity contribution is -0.142. The van der Waals surface area contributed by atoms with Crippen molar-refractivity contribution in [2.45, 2.75) is 33.6 Å². The number of carboxylic acids is 2. The van der Waals surface area contributed by atoms with Crippen molar-refractivity contribution in [1.82, 2.24) is 0 Å². The predicted molar refractivity (Wildman–Crippen MR) is 55.0 cm³/mol. The van der Waals surface area contributed by atoms with Gasteiger partial charge in [-0.25, -0.2) is 0 Å². The highest BCUT2D eigenvalue weighted by molar-refractivity contribution is 5.75. The van der Waals surface area contributed by atoms with Gasteiger partial charge in [0.1, 0.15) is 0 Å². The topological polar surface area (TPSA) is 74.6 Å². The maximum atomic E-state index is 10.2. The van der Waals surface area contributed by atoms with Crippen LogP contribution in [-0.4, -0.2) is 39.5 Å². The van der Waals surface area contributed by atoms with E-state index in [0.717, 1.165) is 19.8 Å². The third-order valence-electron chi connectivity index (χ3n) is 1.33. The van der Waals surface area contributed by atoms with E-state index in [-0.39, 0.29) is 23.3 Å². The van der Waals surface area contributed by atoms with Gasteiger partial charge in [0, 0.05) is 6.92 Å². The summed E-state index contributed by atoms with van der Waals surface area (Å²) in [6, 6.07) is 0. The normalized spacial score (nSPS) is 8.00. The molecule has 0 fully saturated rings. The van der Waals surface area contributed by atoms with Crippen molar-refractivity contribution in [2.75, 3.05) is 0 Å². The van der Waals surface area contributed by atoms with Crippen LogP contribution >= 0.6 is 0 Å². The maximum absolute atomic E-state index is 10.2. The molecule has 13 heavy (non-hydrogen) atoms. The minimum atomic E-state index is -0.833. The molecule has 0 aromatic carbocycles. The first kappa shape index (κ1) is 18.3. The van der Waals surface area contributed by atoms with Gasteiger partial charge in [-0.15, -0.1) is 0 Å². The molecule has 5 heteroatoms. The molecule has 0 spiro atoms. The van der Waals surface area contributed by atoms with Crippen molar-refractivity contribution in [2.24, 2.45) is 5.92 Å². The molecule has 0 heterocycles. The highest BCUT2D eigenvalue weighted by Gasteiger charge is 2.10. The van der Waals surface area contributed by atoms with Crippen LogP contribution in [0.1, 0.15) is 33.6 Å². The summed E-state index contributed by atoms with van der Waals surface area (Å²) in [6.07, 6.45) is 1.48. The van der Waals surface area contributed by atoms with Gasteiger partial charge in [-0.05, 0) is 12.8 Å². The fraction of sp³-hybridized carbons (Fsp3) is 0.750. The van der Waals surface area contributed by atoms with E-state index < -0.39 is 11.9 Å². The molecular formula is C8H19AlO4. The van der Waals surface area contributed by atoms with Crippen molar-refractivity contribution in [3.05, 3.63) is 0 Å². The van der Waals surface area contributed by atoms with Crippen molar-refractivity contribution < 1.29 is 19.8 Å². The average molecular weight is 206 g/mol. The quantitative estimate of drug-likeness (QED) is 0.656. The van der Waals surface area contributed by atoms with Gasteiger partial charge in [-0.3, -0.25) is 9.59 Å². The molecule has 0 saturated heterocycles. The van der Waals surface area contributed by atoms with Gasteiger partial charge in [0.2, 0.25) is 0 Å². The molecule has 0 amide bonds. The third-order valence-corrected chi connectivity index (χ3v) is 1.33. The Morgan fingerprint density at radius 2 is 1.38 bits per heavy atom. The second-order valence-corrected chi connectivity index (χ2v) is 2.37. The van der Waals surface area contributed by atoms with Gasteiger partial charge in [0.15, 0.2) is 17.4 Å². The molecule has 0 aliphatic rings. The second-order valence-electron chi connectivity index (χ2n) is 2.37. The largest absolute Gasteiger partial charge is 0.481 e. The summed E-state index contributed by atoms with van der Waals surface area (Å²) in [5.41, 5.74) is 0. The molecule has 0 atom stereocenters. The van der Waals surface area contributed by atoms with E-state index in [1.54, 1.807) is 0 Å². The van der Waals surface area contributed by atoms with Crippen molar-refractivity contribution >= 4 is 29.3 Å². The second kappa shape index (κ2) is 11.5. The Bertz CT molecular complexity index is 139. The lowest BCUT2D eigenvalue weighted by atomic mass is 10.1. The van der Waals surface area contributed by atoms with Crippen LogP contribution in [0.15, 0.2) is 0 Å². The van der Waals surface area contributed by atoms with Gasteiger partial charge in [0.05, 0.1) is 5.92 Å². The van der Waals surface area contributed by atoms with Crippen LogP contribution in [0.3, 0.4) is 0 Å². The van der Waals surface area contributed by atoms with Gasteiger partial charge >= 0.3 is 5.97 Å². The molecule has 0 bridgehead atoms. The van der Waals surface area contributed by atoms with Crippen molar-refractivity contribution in [3.8, 4) is 0 Å². The average Bonchev–Trinajstić information content (AvgIpc) is 1.87. The van der Waals surface area contributed by atoms with Crippen LogP contribution in [0, 0.1) is 5.92 Å². The molecule has 0 aromatic heterocycles. The van der Waals surface area contributed by atoms with Crippen LogP contribution in [0.5, 0.6) is 0 Å². The highest BCUT2D eigenvalue weighted by atomic mass is 27.0. The molecule has 0 aliphatic carbocycles. The zero-order valence-electron chi connectivity index (χ0n) is 7.70. The fourth-order valence-corrected chi connectivity index (χ4v) is 0.638. The molecule has 0 unspecified atom stereocenters. The molecule has 0 aromatic rings. The Labute approximate surface area is 89.1 Å². The molecule has 0 radical (unpaired) electrons. The Hall–Kier alpha value is -0.528. The molecular weight excluding hydrogens is 187 g/mol. The van der Waals surface area contributed by atoms with E-state index in [1.165, 1.54) is 0 Å². The standard InChI is InChI=1S/C6H12O2.C2H4O2.Al.3H/c1-3-5(4-2)6(7)8;1-2(3)4;;;;/h5H,3-4H2,1-2H3,(H,7,8);1H3,(H,3,4);;;;. The smallest absolute Gasteiger partial charge is 0.306 e. The van der Waals surface area contributed by atoms with E-state index >= 15 is 0 Å². The van der Waals surface area contributed by atoms with Crippen LogP contribution in [0.25, 0.3) is 0 Å². The summed E-state index contributed by atoms with van der Waals surface area (Å²) in [4.78, 5) is 19.2. The molecule has 2 N–H and O–H groups in total. The molecule has 78 valence electrons. The molecule has 0 aliphatic heterocycles. The first-order valence-corrected chi connectivity index (χ1v) is 3.87. The Morgan fingerprint density at radius 1 is 1.15 bits per heavy atom. The SMILES string of the molecule is CC(=O)O.CCC(CC)C(=O)O.[AlH3]. The highest BCUT2D eigenvalue weighted by Crippen LogP contribution is 2.05. The summed E-state index contributed by atoms with van der Waals surface area (Å²) in [7, 11) is 0. The van der Waals surface area contributed by atoms with Crippen LogP contribution < -0.4 is 0 Å². The zero-order valence-corrected chi connectivity index (χ0v) is 7.70. The molecule has 0 rings (SSSR count). The van der Waals surface area contributed by atoms with Crippen LogP contribution in [0.4, 0.5) is 0 Å². The Balaban J connectivity index is -0.000000173. The van der Waals surface area contributed by atoms with Crippen LogP contribution in [-0.2, 0) is 9.59 Å². The summed E-state index contributed by atoms with van der Waals surface area (Å²) in [6.45, 7) is 4.87. The number of rotatable bonds is 3. The summed E-state index contributed by atoms with van der Waals surface area (Å²) < 4.78 is 0. The zero-order chi connectivity index (χ0) is 10.1. The molecule has 0 saturated carbocycles. The summed E-state index contributed by atoms with van der Waals surface area (Å²) in [5.74, 6) is -1.63. The first-order valence-electron chi connectivity index (χ1n) is 3.87. The first-order chi connectivity index (χ1) is 5.45. The van der Waals surface area contributed by atoms with E-state index in [9.17, 15) is 4.79 Å². The number of aliphatic carboxylic acids is 2. The van der Waals surface area contributed by atoms with Crippen molar-refractivity contribution in [3.63, 3.8) is 0 Å². The lowest BCUT2D eigenvalue weighted by Crippen LogP contribution is -2.10. The molecule has 4 nitrogen and oxygen atoms in total. The Morgan fingerprint density at radius 3 is 1.38 bits per heavy atom. The maximum Gasteiger partial charge on any atom is 0.306 e. The third kappa shape index (κ3) is 18.4. The van der Waals surface area contributed by atoms with Crippen LogP contribution in [0.2, 0.25) is 0 Å². The van der Waals surface area contributed by atoms with E-state index in [2.05, 4.69) is 0 Å². The predicted octanol–water partition coefficient (Wildman–Crippen LogP) is 0.414.